The van der Waals surface area contributed by atoms with Gasteiger partial charge in [-0.05, 0) is 18.3 Å². The Hall–Kier alpha value is -1.32. The number of carbonyl (C=O) groups is 2. The predicted molar refractivity (Wildman–Crippen MR) is 49.3 cm³/mol. The molecule has 1 aliphatic heterocycles. The van der Waals surface area contributed by atoms with Gasteiger partial charge in [-0.1, -0.05) is 12.2 Å². The van der Waals surface area contributed by atoms with Gasteiger partial charge < -0.3 is 5.32 Å². The molecule has 4 heteroatoms. The molecule has 0 aromatic rings. The zero-order valence-corrected chi connectivity index (χ0v) is 7.93. The molecule has 2 bridgehead atoms. The topological polar surface area (TPSA) is 49.4 Å². The third-order valence-corrected chi connectivity index (χ3v) is 3.67. The molecule has 1 saturated carbocycles. The molecule has 3 rings (SSSR count). The minimum Gasteiger partial charge on any atom is -0.333 e. The van der Waals surface area contributed by atoms with Gasteiger partial charge in [-0.15, -0.1) is 0 Å². The molecule has 0 aromatic carbocycles. The van der Waals surface area contributed by atoms with Crippen molar-refractivity contribution in [2.24, 2.45) is 17.8 Å². The number of rotatable bonds is 0. The van der Waals surface area contributed by atoms with Crippen LogP contribution in [0.3, 0.4) is 0 Å². The second-order valence-corrected chi connectivity index (χ2v) is 4.35. The summed E-state index contributed by atoms with van der Waals surface area (Å²) in [4.78, 5) is 24.4. The van der Waals surface area contributed by atoms with Crippen LogP contribution in [0.5, 0.6) is 0 Å². The van der Waals surface area contributed by atoms with Gasteiger partial charge in [0.05, 0.1) is 5.92 Å². The minimum atomic E-state index is -0.253. The fourth-order valence-electron chi connectivity index (χ4n) is 2.92. The van der Waals surface area contributed by atoms with Crippen molar-refractivity contribution in [1.82, 2.24) is 10.2 Å². The molecule has 1 saturated heterocycles. The molecule has 2 aliphatic carbocycles. The summed E-state index contributed by atoms with van der Waals surface area (Å²) in [6.07, 6.45) is 5.27. The van der Waals surface area contributed by atoms with Crippen molar-refractivity contribution in [2.75, 3.05) is 7.05 Å². The number of nitrogens with zero attached hydrogens (tertiary/aromatic N) is 1. The summed E-state index contributed by atoms with van der Waals surface area (Å²) in [5.74, 6) is 0.704. The molecule has 1 heterocycles. The number of allylic oxidation sites excluding steroid dienone is 1. The standard InChI is InChI=1S/C10H12N2O2/c1-12-9(13)7-5-2-3-6(4-5)8(7)11-10(12)14/h2-3,5-8H,4H2,1H3,(H,11,14)/t5-,6+,7+,8-/m0/s1. The second-order valence-electron chi connectivity index (χ2n) is 4.35. The summed E-state index contributed by atoms with van der Waals surface area (Å²) in [6.45, 7) is 0. The molecule has 4 atom stereocenters. The number of hydrogen-bond donors (Lipinski definition) is 1. The average Bonchev–Trinajstić information content (AvgIpc) is 2.74. The van der Waals surface area contributed by atoms with E-state index in [0.717, 1.165) is 6.42 Å². The van der Waals surface area contributed by atoms with Crippen molar-refractivity contribution in [2.45, 2.75) is 12.5 Å². The summed E-state index contributed by atoms with van der Waals surface area (Å²) in [5, 5.41) is 2.90. The van der Waals surface area contributed by atoms with Gasteiger partial charge >= 0.3 is 6.03 Å². The van der Waals surface area contributed by atoms with Gasteiger partial charge in [0.15, 0.2) is 0 Å². The van der Waals surface area contributed by atoms with Crippen LogP contribution in [0.2, 0.25) is 0 Å². The second kappa shape index (κ2) is 2.38. The van der Waals surface area contributed by atoms with Gasteiger partial charge in [-0.2, -0.15) is 0 Å². The van der Waals surface area contributed by atoms with Crippen molar-refractivity contribution >= 4 is 11.9 Å². The number of fused-ring (bicyclic) bond motifs is 5. The van der Waals surface area contributed by atoms with E-state index in [1.807, 2.05) is 0 Å². The average molecular weight is 192 g/mol. The Morgan fingerprint density at radius 2 is 2.07 bits per heavy atom. The van der Waals surface area contributed by atoms with Crippen molar-refractivity contribution in [3.05, 3.63) is 12.2 Å². The molecule has 3 amide bonds. The lowest BCUT2D eigenvalue weighted by molar-refractivity contribution is -0.134. The van der Waals surface area contributed by atoms with E-state index in [-0.39, 0.29) is 23.9 Å². The highest BCUT2D eigenvalue weighted by atomic mass is 16.2. The summed E-state index contributed by atoms with van der Waals surface area (Å²) in [5.41, 5.74) is 0. The normalized spacial score (nSPS) is 44.2. The highest BCUT2D eigenvalue weighted by Gasteiger charge is 2.53. The van der Waals surface area contributed by atoms with Crippen LogP contribution in [-0.4, -0.2) is 29.9 Å². The first-order valence-corrected chi connectivity index (χ1v) is 4.95. The Morgan fingerprint density at radius 1 is 1.36 bits per heavy atom. The largest absolute Gasteiger partial charge is 0.333 e. The van der Waals surface area contributed by atoms with Gasteiger partial charge in [0, 0.05) is 13.1 Å². The number of imide groups is 1. The number of hydrogen-bond acceptors (Lipinski definition) is 2. The molecule has 0 unspecified atom stereocenters. The van der Waals surface area contributed by atoms with E-state index in [9.17, 15) is 9.59 Å². The first-order valence-electron chi connectivity index (χ1n) is 4.95. The molecule has 3 aliphatic rings. The number of carbonyl (C=O) groups excluding carboxylic acids is 2. The van der Waals surface area contributed by atoms with Crippen molar-refractivity contribution < 1.29 is 9.59 Å². The molecule has 4 nitrogen and oxygen atoms in total. The van der Waals surface area contributed by atoms with E-state index < -0.39 is 0 Å². The number of nitrogens with one attached hydrogen (secondary N) is 1. The maximum atomic E-state index is 11.8. The van der Waals surface area contributed by atoms with Gasteiger partial charge in [0.1, 0.15) is 0 Å². The number of amides is 3. The van der Waals surface area contributed by atoms with Crippen LogP contribution in [0.15, 0.2) is 12.2 Å². The molecule has 1 N–H and O–H groups in total. The molecule has 2 fully saturated rings. The van der Waals surface area contributed by atoms with Gasteiger partial charge in [0.25, 0.3) is 0 Å². The molecular formula is C10H12N2O2. The van der Waals surface area contributed by atoms with Crippen LogP contribution in [0.1, 0.15) is 6.42 Å². The van der Waals surface area contributed by atoms with Crippen molar-refractivity contribution in [3.8, 4) is 0 Å². The third-order valence-electron chi connectivity index (χ3n) is 3.67. The lowest BCUT2D eigenvalue weighted by atomic mass is 9.86. The van der Waals surface area contributed by atoms with Gasteiger partial charge in [0.2, 0.25) is 5.91 Å². The maximum absolute atomic E-state index is 11.8. The first-order chi connectivity index (χ1) is 6.68. The highest BCUT2D eigenvalue weighted by molar-refractivity contribution is 5.99. The van der Waals surface area contributed by atoms with E-state index in [0.29, 0.717) is 11.8 Å². The molecule has 0 spiro atoms. The zero-order valence-electron chi connectivity index (χ0n) is 7.93. The quantitative estimate of drug-likeness (QED) is 0.563. The molecule has 0 aromatic heterocycles. The third kappa shape index (κ3) is 0.786. The van der Waals surface area contributed by atoms with Crippen molar-refractivity contribution in [3.63, 3.8) is 0 Å². The minimum absolute atomic E-state index is 0.00676. The van der Waals surface area contributed by atoms with Crippen LogP contribution >= 0.6 is 0 Å². The molecule has 74 valence electrons. The van der Waals surface area contributed by atoms with E-state index >= 15 is 0 Å². The fourth-order valence-corrected chi connectivity index (χ4v) is 2.92. The monoisotopic (exact) mass is 192 g/mol. The molecule has 14 heavy (non-hydrogen) atoms. The van der Waals surface area contributed by atoms with Crippen LogP contribution < -0.4 is 5.32 Å². The molecule has 0 radical (unpaired) electrons. The summed E-state index contributed by atoms with van der Waals surface area (Å²) in [7, 11) is 1.55. The van der Waals surface area contributed by atoms with Gasteiger partial charge in [-0.3, -0.25) is 9.69 Å². The maximum Gasteiger partial charge on any atom is 0.324 e. The van der Waals surface area contributed by atoms with E-state index in [1.165, 1.54) is 4.90 Å². The molecular weight excluding hydrogens is 180 g/mol. The Balaban J connectivity index is 1.99. The fraction of sp³-hybridized carbons (Fsp3) is 0.600. The zero-order chi connectivity index (χ0) is 9.87. The lowest BCUT2D eigenvalue weighted by Gasteiger charge is -2.36. The first kappa shape index (κ1) is 8.03. The lowest BCUT2D eigenvalue weighted by Crippen LogP contribution is -2.59. The van der Waals surface area contributed by atoms with E-state index in [4.69, 9.17) is 0 Å². The Kier molecular flexibility index (Phi) is 1.36. The summed E-state index contributed by atoms with van der Waals surface area (Å²) < 4.78 is 0. The Labute approximate surface area is 81.9 Å². The van der Waals surface area contributed by atoms with Crippen LogP contribution in [0.25, 0.3) is 0 Å². The van der Waals surface area contributed by atoms with Crippen molar-refractivity contribution in [1.29, 1.82) is 0 Å². The van der Waals surface area contributed by atoms with E-state index in [2.05, 4.69) is 17.5 Å². The van der Waals surface area contributed by atoms with Crippen LogP contribution in [0, 0.1) is 17.8 Å². The predicted octanol–water partition coefficient (Wildman–Crippen LogP) is 0.359. The Morgan fingerprint density at radius 3 is 2.86 bits per heavy atom. The summed E-state index contributed by atoms with van der Waals surface area (Å²) in [6, 6.07) is -0.196. The van der Waals surface area contributed by atoms with Gasteiger partial charge in [-0.25, -0.2) is 4.79 Å². The smallest absolute Gasteiger partial charge is 0.324 e. The van der Waals surface area contributed by atoms with Crippen LogP contribution in [0.4, 0.5) is 4.79 Å². The van der Waals surface area contributed by atoms with Crippen LogP contribution in [-0.2, 0) is 4.79 Å². The summed E-state index contributed by atoms with van der Waals surface area (Å²) >= 11 is 0. The number of urea groups is 1. The Bertz CT molecular complexity index is 350. The highest BCUT2D eigenvalue weighted by Crippen LogP contribution is 2.45. The SMILES string of the molecule is CN1C(=O)N[C@@H]2[C@H](C1=O)[C@H]1C=C[C@@H]2C1. The van der Waals surface area contributed by atoms with E-state index in [1.54, 1.807) is 7.05 Å².